The van der Waals surface area contributed by atoms with E-state index in [2.05, 4.69) is 43.0 Å². The summed E-state index contributed by atoms with van der Waals surface area (Å²) in [7, 11) is 2.92. The zero-order chi connectivity index (χ0) is 21.7. The lowest BCUT2D eigenvalue weighted by Gasteiger charge is -2.40. The predicted molar refractivity (Wildman–Crippen MR) is 128 cm³/mol. The number of anilines is 1. The first kappa shape index (κ1) is 23.0. The summed E-state index contributed by atoms with van der Waals surface area (Å²) in [6, 6.07) is 16.5. The van der Waals surface area contributed by atoms with E-state index in [-0.39, 0.29) is 11.3 Å². The Morgan fingerprint density at radius 1 is 1.03 bits per heavy atom. The standard InChI is InChI=1S/C26H37NO2S/c1-5-7-16-26(17-8-6-2)19-30(29)23-15-14-21(27(3)4)18-22(23)24(25(26)28)20-12-10-9-11-13-20/h9-15,18,24-25,28H,5-8,16-17,19H2,1-4H3/t24-,25-,30?/m1/s1. The number of fused-ring (bicyclic) bond motifs is 1. The molecule has 0 aromatic heterocycles. The molecule has 164 valence electrons. The van der Waals surface area contributed by atoms with Gasteiger partial charge in [-0.25, -0.2) is 0 Å². The Kier molecular flexibility index (Phi) is 7.75. The van der Waals surface area contributed by atoms with E-state index < -0.39 is 16.9 Å². The number of hydrogen-bond donors (Lipinski definition) is 1. The molecule has 0 saturated heterocycles. The third kappa shape index (κ3) is 4.65. The molecular formula is C26H37NO2S. The van der Waals surface area contributed by atoms with Crippen LogP contribution >= 0.6 is 0 Å². The Balaban J connectivity index is 2.21. The molecule has 1 aliphatic heterocycles. The molecule has 4 heteroatoms. The molecule has 0 saturated carbocycles. The molecule has 2 aromatic carbocycles. The van der Waals surface area contributed by atoms with Gasteiger partial charge in [-0.3, -0.25) is 4.21 Å². The van der Waals surface area contributed by atoms with Crippen LogP contribution in [0.1, 0.15) is 69.4 Å². The molecule has 3 nitrogen and oxygen atoms in total. The van der Waals surface area contributed by atoms with Gasteiger partial charge in [0, 0.05) is 41.8 Å². The van der Waals surface area contributed by atoms with E-state index >= 15 is 0 Å². The van der Waals surface area contributed by atoms with Gasteiger partial charge in [0.25, 0.3) is 0 Å². The number of aliphatic hydroxyl groups excluding tert-OH is 1. The van der Waals surface area contributed by atoms with Crippen molar-refractivity contribution in [1.29, 1.82) is 0 Å². The van der Waals surface area contributed by atoms with E-state index in [1.807, 2.05) is 38.4 Å². The minimum absolute atomic E-state index is 0.165. The monoisotopic (exact) mass is 427 g/mol. The smallest absolute Gasteiger partial charge is 0.0714 e. The number of rotatable bonds is 8. The molecule has 1 unspecified atom stereocenters. The molecule has 0 fully saturated rings. The van der Waals surface area contributed by atoms with Gasteiger partial charge < -0.3 is 10.0 Å². The maximum absolute atomic E-state index is 13.6. The van der Waals surface area contributed by atoms with Gasteiger partial charge in [-0.1, -0.05) is 69.9 Å². The number of benzene rings is 2. The second kappa shape index (κ2) is 10.1. The highest BCUT2D eigenvalue weighted by atomic mass is 32.2. The zero-order valence-corrected chi connectivity index (χ0v) is 19.8. The van der Waals surface area contributed by atoms with Crippen molar-refractivity contribution in [1.82, 2.24) is 0 Å². The molecule has 1 heterocycles. The van der Waals surface area contributed by atoms with Crippen LogP contribution in [0.15, 0.2) is 53.4 Å². The Morgan fingerprint density at radius 3 is 2.23 bits per heavy atom. The van der Waals surface area contributed by atoms with Crippen molar-refractivity contribution in [3.05, 3.63) is 59.7 Å². The Hall–Kier alpha value is -1.65. The number of hydrogen-bond acceptors (Lipinski definition) is 3. The Morgan fingerprint density at radius 2 is 1.67 bits per heavy atom. The maximum Gasteiger partial charge on any atom is 0.0714 e. The molecule has 3 atom stereocenters. The molecule has 3 rings (SSSR count). The summed E-state index contributed by atoms with van der Waals surface area (Å²) in [5.41, 5.74) is 2.88. The summed E-state index contributed by atoms with van der Waals surface area (Å²) in [4.78, 5) is 2.97. The van der Waals surface area contributed by atoms with Crippen LogP contribution in [-0.4, -0.2) is 35.3 Å². The highest BCUT2D eigenvalue weighted by molar-refractivity contribution is 7.85. The second-order valence-corrected chi connectivity index (χ2v) is 10.4. The van der Waals surface area contributed by atoms with Crippen LogP contribution in [0.5, 0.6) is 0 Å². The van der Waals surface area contributed by atoms with Crippen LogP contribution in [0.25, 0.3) is 0 Å². The fourth-order valence-electron chi connectivity index (χ4n) is 4.86. The highest BCUT2D eigenvalue weighted by Gasteiger charge is 2.47. The van der Waals surface area contributed by atoms with Crippen LogP contribution < -0.4 is 4.90 Å². The van der Waals surface area contributed by atoms with Gasteiger partial charge in [0.05, 0.1) is 16.9 Å². The largest absolute Gasteiger partial charge is 0.392 e. The fraction of sp³-hybridized carbons (Fsp3) is 0.538. The van der Waals surface area contributed by atoms with Gasteiger partial charge in [-0.2, -0.15) is 0 Å². The van der Waals surface area contributed by atoms with E-state index in [1.165, 1.54) is 0 Å². The Labute approximate surface area is 185 Å². The van der Waals surface area contributed by atoms with Crippen molar-refractivity contribution >= 4 is 16.5 Å². The molecule has 30 heavy (non-hydrogen) atoms. The van der Waals surface area contributed by atoms with E-state index in [9.17, 15) is 9.32 Å². The zero-order valence-electron chi connectivity index (χ0n) is 18.9. The van der Waals surface area contributed by atoms with Gasteiger partial charge in [-0.05, 0) is 42.2 Å². The topological polar surface area (TPSA) is 40.5 Å². The quantitative estimate of drug-likeness (QED) is 0.584. The third-order valence-electron chi connectivity index (χ3n) is 6.67. The lowest BCUT2D eigenvalue weighted by molar-refractivity contribution is 0.0131. The normalized spacial score (nSPS) is 22.9. The van der Waals surface area contributed by atoms with Gasteiger partial charge in [0.15, 0.2) is 0 Å². The number of unbranched alkanes of at least 4 members (excludes halogenated alkanes) is 2. The fourth-order valence-corrected chi connectivity index (χ4v) is 6.66. The van der Waals surface area contributed by atoms with E-state index in [0.29, 0.717) is 5.75 Å². The van der Waals surface area contributed by atoms with Crippen molar-refractivity contribution in [3.63, 3.8) is 0 Å². The van der Waals surface area contributed by atoms with E-state index in [1.54, 1.807) is 0 Å². The predicted octanol–water partition coefficient (Wildman–Crippen LogP) is 5.73. The maximum atomic E-state index is 13.6. The van der Waals surface area contributed by atoms with Gasteiger partial charge in [0.2, 0.25) is 0 Å². The van der Waals surface area contributed by atoms with E-state index in [0.717, 1.165) is 60.2 Å². The molecule has 1 aliphatic rings. The van der Waals surface area contributed by atoms with E-state index in [4.69, 9.17) is 0 Å². The summed E-state index contributed by atoms with van der Waals surface area (Å²) in [6.45, 7) is 4.39. The molecule has 1 N–H and O–H groups in total. The molecule has 0 bridgehead atoms. The SMILES string of the molecule is CCCCC1(CCCC)CS(=O)c2ccc(N(C)C)cc2[C@@H](c2ccccc2)[C@H]1O. The summed E-state index contributed by atoms with van der Waals surface area (Å²) in [5.74, 6) is 0.382. The Bertz CT molecular complexity index is 841. The second-order valence-electron chi connectivity index (χ2n) is 9.01. The average molecular weight is 428 g/mol. The van der Waals surface area contributed by atoms with Crippen molar-refractivity contribution in [2.45, 2.75) is 69.3 Å². The van der Waals surface area contributed by atoms with Crippen LogP contribution in [0.3, 0.4) is 0 Å². The molecular weight excluding hydrogens is 390 g/mol. The van der Waals surface area contributed by atoms with Crippen LogP contribution in [-0.2, 0) is 10.8 Å². The van der Waals surface area contributed by atoms with Crippen LogP contribution in [0.2, 0.25) is 0 Å². The lowest BCUT2D eigenvalue weighted by atomic mass is 9.68. The number of aliphatic hydroxyl groups is 1. The van der Waals surface area contributed by atoms with Crippen LogP contribution in [0.4, 0.5) is 5.69 Å². The lowest BCUT2D eigenvalue weighted by Crippen LogP contribution is -2.42. The summed E-state index contributed by atoms with van der Waals surface area (Å²) in [6.07, 6.45) is 5.57. The number of nitrogens with zero attached hydrogens (tertiary/aromatic N) is 1. The molecule has 0 amide bonds. The van der Waals surface area contributed by atoms with Gasteiger partial charge in [0.1, 0.15) is 0 Å². The average Bonchev–Trinajstić information content (AvgIpc) is 2.84. The summed E-state index contributed by atoms with van der Waals surface area (Å²) in [5, 5.41) is 12.0. The van der Waals surface area contributed by atoms with Crippen molar-refractivity contribution in [2.24, 2.45) is 5.41 Å². The van der Waals surface area contributed by atoms with Gasteiger partial charge >= 0.3 is 0 Å². The molecule has 2 aromatic rings. The third-order valence-corrected chi connectivity index (χ3v) is 8.37. The minimum Gasteiger partial charge on any atom is -0.392 e. The van der Waals surface area contributed by atoms with Crippen LogP contribution in [0, 0.1) is 5.41 Å². The first-order valence-electron chi connectivity index (χ1n) is 11.4. The minimum atomic E-state index is -1.12. The van der Waals surface area contributed by atoms with Gasteiger partial charge in [-0.15, -0.1) is 0 Å². The summed E-state index contributed by atoms with van der Waals surface area (Å²) >= 11 is 0. The first-order valence-corrected chi connectivity index (χ1v) is 12.7. The van der Waals surface area contributed by atoms with Crippen molar-refractivity contribution < 1.29 is 9.32 Å². The molecule has 0 spiro atoms. The molecule has 0 radical (unpaired) electrons. The van der Waals surface area contributed by atoms with Crippen molar-refractivity contribution in [3.8, 4) is 0 Å². The summed E-state index contributed by atoms with van der Waals surface area (Å²) < 4.78 is 13.6. The molecule has 0 aliphatic carbocycles. The first-order chi connectivity index (χ1) is 14.4. The van der Waals surface area contributed by atoms with Crippen molar-refractivity contribution in [2.75, 3.05) is 24.7 Å². The highest BCUT2D eigenvalue weighted by Crippen LogP contribution is 2.49.